The number of amides is 1. The van der Waals surface area contributed by atoms with Crippen molar-refractivity contribution in [2.45, 2.75) is 56.2 Å². The molecule has 1 aliphatic heterocycles. The van der Waals surface area contributed by atoms with Gasteiger partial charge in [-0.3, -0.25) is 9.78 Å². The van der Waals surface area contributed by atoms with Crippen LogP contribution in [0.5, 0.6) is 11.5 Å². The maximum atomic E-state index is 11.7. The largest absolute Gasteiger partial charge is 0.452 e. The van der Waals surface area contributed by atoms with Crippen LogP contribution < -0.4 is 10.1 Å². The van der Waals surface area contributed by atoms with Gasteiger partial charge in [0.15, 0.2) is 11.6 Å². The number of carbonyl (C=O) groups is 1. The summed E-state index contributed by atoms with van der Waals surface area (Å²) in [4.78, 5) is 29.5. The summed E-state index contributed by atoms with van der Waals surface area (Å²) in [5.74, 6) is 3.00. The Labute approximate surface area is 231 Å². The molecule has 0 aliphatic carbocycles. The minimum absolute atomic E-state index is 0.124. The molecule has 0 unspecified atom stereocenters. The van der Waals surface area contributed by atoms with Crippen LogP contribution in [0.25, 0.3) is 0 Å². The van der Waals surface area contributed by atoms with Crippen molar-refractivity contribution in [3.05, 3.63) is 71.4 Å². The molecule has 3 aromatic heterocycles. The van der Waals surface area contributed by atoms with E-state index in [1.165, 1.54) is 27.6 Å². The van der Waals surface area contributed by atoms with Crippen molar-refractivity contribution in [1.29, 1.82) is 0 Å². The molecule has 1 N–H and O–H groups in total. The molecule has 1 aromatic carbocycles. The van der Waals surface area contributed by atoms with Gasteiger partial charge < -0.3 is 15.0 Å². The second kappa shape index (κ2) is 11.5. The number of pyridine rings is 2. The summed E-state index contributed by atoms with van der Waals surface area (Å²) in [6.45, 7) is 9.22. The second-order valence-corrected chi connectivity index (χ2v) is 11.3. The number of piperidine rings is 1. The number of benzene rings is 1. The number of likely N-dealkylation sites (tertiary alicyclic amines) is 1. The molecule has 0 radical (unpaired) electrons. The summed E-state index contributed by atoms with van der Waals surface area (Å²) in [6, 6.07) is 12.2. The second-order valence-electron chi connectivity index (χ2n) is 9.44. The van der Waals surface area contributed by atoms with Crippen LogP contribution in [0.3, 0.4) is 0 Å². The summed E-state index contributed by atoms with van der Waals surface area (Å²) >= 11 is 2.97. The molecule has 10 heteroatoms. The molecule has 1 fully saturated rings. The average Bonchev–Trinajstić information content (AvgIpc) is 3.37. The molecule has 0 saturated carbocycles. The lowest BCUT2D eigenvalue weighted by Gasteiger charge is -2.29. The third-order valence-electron chi connectivity index (χ3n) is 6.55. The SMILES string of the molecule is CC(=O)N1CCC(c2nsc(Nc3ncc(Sc4cc(C)ccc4C)cc3Oc3cccnc3C)n2)CC1. The van der Waals surface area contributed by atoms with Crippen LogP contribution in [-0.4, -0.2) is 43.2 Å². The number of anilines is 2. The highest BCUT2D eigenvalue weighted by molar-refractivity contribution is 7.99. The lowest BCUT2D eigenvalue weighted by atomic mass is 9.96. The first-order valence-corrected chi connectivity index (χ1v) is 14.2. The van der Waals surface area contributed by atoms with Crippen molar-refractivity contribution in [2.24, 2.45) is 0 Å². The van der Waals surface area contributed by atoms with Gasteiger partial charge in [0, 0.05) is 65.7 Å². The van der Waals surface area contributed by atoms with Crippen molar-refractivity contribution >= 4 is 40.2 Å². The Hall–Kier alpha value is -3.50. The molecule has 4 aromatic rings. The molecule has 0 bridgehead atoms. The highest BCUT2D eigenvalue weighted by Gasteiger charge is 2.25. The fraction of sp³-hybridized carbons (Fsp3) is 0.321. The van der Waals surface area contributed by atoms with Gasteiger partial charge in [-0.25, -0.2) is 9.97 Å². The first-order valence-electron chi connectivity index (χ1n) is 12.6. The molecule has 38 heavy (non-hydrogen) atoms. The summed E-state index contributed by atoms with van der Waals surface area (Å²) in [5.41, 5.74) is 3.22. The van der Waals surface area contributed by atoms with Crippen LogP contribution in [0.4, 0.5) is 10.9 Å². The van der Waals surface area contributed by atoms with Crippen molar-refractivity contribution in [3.8, 4) is 11.5 Å². The van der Waals surface area contributed by atoms with Crippen molar-refractivity contribution in [1.82, 2.24) is 24.2 Å². The summed E-state index contributed by atoms with van der Waals surface area (Å²) in [7, 11) is 0. The number of aromatic nitrogens is 4. The van der Waals surface area contributed by atoms with E-state index in [2.05, 4.69) is 46.7 Å². The van der Waals surface area contributed by atoms with Gasteiger partial charge in [0.2, 0.25) is 11.0 Å². The first kappa shape index (κ1) is 26.1. The Bertz CT molecular complexity index is 1450. The summed E-state index contributed by atoms with van der Waals surface area (Å²) < 4.78 is 10.9. The smallest absolute Gasteiger partial charge is 0.219 e. The van der Waals surface area contributed by atoms with Gasteiger partial charge in [0.25, 0.3) is 0 Å². The number of nitrogens with one attached hydrogen (secondary N) is 1. The zero-order valence-corrected chi connectivity index (χ0v) is 23.5. The normalized spacial score (nSPS) is 13.9. The number of ether oxygens (including phenoxy) is 1. The molecule has 5 rings (SSSR count). The van der Waals surface area contributed by atoms with E-state index < -0.39 is 0 Å². The van der Waals surface area contributed by atoms with Gasteiger partial charge in [0.1, 0.15) is 11.6 Å². The Morgan fingerprint density at radius 1 is 1.11 bits per heavy atom. The predicted octanol–water partition coefficient (Wildman–Crippen LogP) is 6.67. The van der Waals surface area contributed by atoms with Crippen LogP contribution in [0.1, 0.15) is 48.3 Å². The van der Waals surface area contributed by atoms with Crippen LogP contribution >= 0.6 is 23.3 Å². The van der Waals surface area contributed by atoms with Crippen molar-refractivity contribution < 1.29 is 9.53 Å². The van der Waals surface area contributed by atoms with E-state index in [1.54, 1.807) is 24.9 Å². The van der Waals surface area contributed by atoms with Gasteiger partial charge in [-0.15, -0.1) is 0 Å². The standard InChI is InChI=1S/C28H30N6O2S2/c1-17-7-8-18(2)25(14-17)37-22-15-24(36-23-6-5-11-29-19(23)3)27(30-16-22)32-28-31-26(33-38-28)21-9-12-34(13-10-21)20(4)35/h5-8,11,14-16,21H,9-10,12-13H2,1-4H3,(H,30,31,32,33). The summed E-state index contributed by atoms with van der Waals surface area (Å²) in [6.07, 6.45) is 5.33. The summed E-state index contributed by atoms with van der Waals surface area (Å²) in [5, 5.41) is 3.98. The lowest BCUT2D eigenvalue weighted by molar-refractivity contribution is -0.129. The van der Waals surface area contributed by atoms with Gasteiger partial charge >= 0.3 is 0 Å². The molecule has 1 aliphatic rings. The van der Waals surface area contributed by atoms with E-state index in [0.29, 0.717) is 22.4 Å². The fourth-order valence-corrected chi connectivity index (χ4v) is 5.95. The Morgan fingerprint density at radius 2 is 1.92 bits per heavy atom. The predicted molar refractivity (Wildman–Crippen MR) is 151 cm³/mol. The third-order valence-corrected chi connectivity index (χ3v) is 8.31. The molecule has 0 spiro atoms. The van der Waals surface area contributed by atoms with Crippen LogP contribution in [0.15, 0.2) is 58.6 Å². The van der Waals surface area contributed by atoms with E-state index in [0.717, 1.165) is 42.3 Å². The third kappa shape index (κ3) is 6.14. The fourth-order valence-electron chi connectivity index (χ4n) is 4.30. The molecule has 1 amide bonds. The van der Waals surface area contributed by atoms with Gasteiger partial charge in [0.05, 0.1) is 5.69 Å². The topological polar surface area (TPSA) is 93.1 Å². The number of rotatable bonds is 7. The van der Waals surface area contributed by atoms with E-state index in [1.807, 2.05) is 36.2 Å². The van der Waals surface area contributed by atoms with E-state index in [4.69, 9.17) is 14.7 Å². The monoisotopic (exact) mass is 546 g/mol. The van der Waals surface area contributed by atoms with Crippen LogP contribution in [0, 0.1) is 20.8 Å². The average molecular weight is 547 g/mol. The minimum atomic E-state index is 0.124. The zero-order chi connectivity index (χ0) is 26.6. The number of hydrogen-bond donors (Lipinski definition) is 1. The van der Waals surface area contributed by atoms with E-state index in [-0.39, 0.29) is 11.8 Å². The van der Waals surface area contributed by atoms with Crippen molar-refractivity contribution in [2.75, 3.05) is 18.4 Å². The maximum Gasteiger partial charge on any atom is 0.219 e. The molecular formula is C28H30N6O2S2. The Kier molecular flexibility index (Phi) is 7.90. The Balaban J connectivity index is 1.39. The number of aryl methyl sites for hydroxylation is 3. The maximum absolute atomic E-state index is 11.7. The number of nitrogens with zero attached hydrogens (tertiary/aromatic N) is 5. The number of carbonyl (C=O) groups excluding carboxylic acids is 1. The van der Waals surface area contributed by atoms with Crippen LogP contribution in [-0.2, 0) is 4.79 Å². The molecule has 8 nitrogen and oxygen atoms in total. The quantitative estimate of drug-likeness (QED) is 0.275. The lowest BCUT2D eigenvalue weighted by Crippen LogP contribution is -2.36. The highest BCUT2D eigenvalue weighted by atomic mass is 32.2. The molecule has 4 heterocycles. The molecule has 1 saturated heterocycles. The zero-order valence-electron chi connectivity index (χ0n) is 21.9. The van der Waals surface area contributed by atoms with Gasteiger partial charge in [-0.2, -0.15) is 4.37 Å². The van der Waals surface area contributed by atoms with E-state index >= 15 is 0 Å². The van der Waals surface area contributed by atoms with Crippen LogP contribution in [0.2, 0.25) is 0 Å². The Morgan fingerprint density at radius 3 is 2.68 bits per heavy atom. The van der Waals surface area contributed by atoms with Crippen molar-refractivity contribution in [3.63, 3.8) is 0 Å². The molecular weight excluding hydrogens is 516 g/mol. The molecule has 0 atom stereocenters. The highest BCUT2D eigenvalue weighted by Crippen LogP contribution is 2.38. The van der Waals surface area contributed by atoms with E-state index in [9.17, 15) is 4.79 Å². The minimum Gasteiger partial charge on any atom is -0.452 e. The number of hydrogen-bond acceptors (Lipinski definition) is 9. The van der Waals surface area contributed by atoms with Gasteiger partial charge in [-0.1, -0.05) is 23.9 Å². The molecule has 196 valence electrons. The first-order chi connectivity index (χ1) is 18.4. The van der Waals surface area contributed by atoms with Gasteiger partial charge in [-0.05, 0) is 62.9 Å².